The molecule has 618 valence electrons. The molecule has 0 aliphatic heterocycles. The monoisotopic (exact) mass is 1470 g/mol. The third kappa shape index (κ3) is 18.7. The van der Waals surface area contributed by atoms with Crippen molar-refractivity contribution in [3.8, 4) is 0 Å². The summed E-state index contributed by atoms with van der Waals surface area (Å²) in [6.45, 7) is 87.4. The molecule has 18 fully saturated rings. The molecule has 0 radical (unpaired) electrons. The third-order valence-corrected chi connectivity index (χ3v) is 37.7. The maximum Gasteiger partial charge on any atom is -0.0235 e. The van der Waals surface area contributed by atoms with Crippen LogP contribution < -0.4 is 0 Å². The highest BCUT2D eigenvalue weighted by atomic mass is 14.7. The molecule has 10 unspecified atom stereocenters. The number of fused-ring (bicyclic) bond motifs is 10. The van der Waals surface area contributed by atoms with Crippen molar-refractivity contribution >= 4 is 0 Å². The maximum absolute atomic E-state index is 2.58. The predicted octanol–water partition coefficient (Wildman–Crippen LogP) is 33.8. The summed E-state index contributed by atoms with van der Waals surface area (Å²) in [5, 5.41) is 0. The third-order valence-electron chi connectivity index (χ3n) is 37.7. The van der Waals surface area contributed by atoms with Gasteiger partial charge >= 0.3 is 0 Å². The van der Waals surface area contributed by atoms with Crippen molar-refractivity contribution in [1.29, 1.82) is 0 Å². The van der Waals surface area contributed by atoms with Gasteiger partial charge < -0.3 is 0 Å². The molecule has 0 amide bonds. The van der Waals surface area contributed by atoms with E-state index in [0.29, 0.717) is 65.0 Å². The quantitative estimate of drug-likeness (QED) is 0.238. The minimum absolute atomic E-state index is 0.623. The van der Waals surface area contributed by atoms with Crippen molar-refractivity contribution in [3.63, 3.8) is 0 Å². The highest BCUT2D eigenvalue weighted by Crippen LogP contribution is 2.77. The SMILES string of the molecule is CC(C)C12CC3(C)CC1CC(C)(C3)C2.CC(C)C12CC3CC(C)(CC(C)(C3)C1)C2.CC1CC2(C)CC(C(C)C)CC(C)(C1)C2.CC1CC2(C)CC(C(C)C)CC(C)(C1)C2.CC1CC2(C)CC(C)CC(C(C)C)(C1)C2.CC1CC2(C)CC(C)CC(C)(C1)C2C(C)C.CC1CC2(C)CC(C)CC(C)(C1)C2C(C)C. The second-order valence-corrected chi connectivity index (χ2v) is 54.9. The van der Waals surface area contributed by atoms with E-state index in [4.69, 9.17) is 0 Å². The van der Waals surface area contributed by atoms with Crippen molar-refractivity contribution in [2.24, 2.45) is 211 Å². The Morgan fingerprint density at radius 2 is 0.434 bits per heavy atom. The summed E-state index contributed by atoms with van der Waals surface area (Å²) in [7, 11) is 0. The van der Waals surface area contributed by atoms with E-state index in [1.54, 1.807) is 19.3 Å². The number of hydrogen-bond acceptors (Lipinski definition) is 0. The lowest BCUT2D eigenvalue weighted by molar-refractivity contribution is -0.162. The second kappa shape index (κ2) is 30.5. The molecule has 18 bridgehead atoms. The van der Waals surface area contributed by atoms with Gasteiger partial charge in [0.25, 0.3) is 0 Å². The van der Waals surface area contributed by atoms with Crippen LogP contribution in [0.5, 0.6) is 0 Å². The lowest BCUT2D eigenvalue weighted by Crippen LogP contribution is -2.56. The Kier molecular flexibility index (Phi) is 25.4. The molecule has 10 atom stereocenters. The van der Waals surface area contributed by atoms with Gasteiger partial charge in [0.2, 0.25) is 0 Å². The second-order valence-electron chi connectivity index (χ2n) is 54.9. The lowest BCUT2D eigenvalue weighted by atomic mass is 9.38. The summed E-state index contributed by atoms with van der Waals surface area (Å²) in [6.07, 6.45) is 50.9. The van der Waals surface area contributed by atoms with Gasteiger partial charge in [-0.2, -0.15) is 0 Å². The van der Waals surface area contributed by atoms with Crippen LogP contribution in [0, 0.1) is 211 Å². The van der Waals surface area contributed by atoms with Gasteiger partial charge in [0, 0.05) is 0 Å². The van der Waals surface area contributed by atoms with Crippen molar-refractivity contribution in [2.75, 3.05) is 0 Å². The van der Waals surface area contributed by atoms with E-state index in [9.17, 15) is 0 Å². The zero-order chi connectivity index (χ0) is 79.2. The van der Waals surface area contributed by atoms with Crippen molar-refractivity contribution in [3.05, 3.63) is 0 Å². The fraction of sp³-hybridized carbons (Fsp3) is 1.00. The highest BCUT2D eigenvalue weighted by Gasteiger charge is 2.68. The molecule has 0 spiro atoms. The van der Waals surface area contributed by atoms with Crippen LogP contribution in [0.3, 0.4) is 0 Å². The van der Waals surface area contributed by atoms with Crippen LogP contribution in [0.1, 0.15) is 461 Å². The maximum atomic E-state index is 2.58. The standard InChI is InChI=1S/2C16H30.C15H26.3C15H28.C14H24/c2*1-11(2)14-15(5)7-12(3)8-16(14,6)10-13(4)9-15;1-11(2)15-7-12-5-13(3,9-15)8-14(4,6-12)10-15;1-11(2)15-8-12(3)6-14(5,10-15)7-13(4)9-15;2*1-11(2)13-8-14(4)6-12(3)7-15(5,9-13)10-14;1-10(2)14-8-12(3)5-11(14)6-13(4,7-12)9-14/h2*11-14H,7-10H2,1-6H3;11-12H,5-10H2,1-4H3;3*11-13H,6-10H2,1-5H3;10-11H,5-9H2,1-4H3. The van der Waals surface area contributed by atoms with Gasteiger partial charge in [-0.25, -0.2) is 0 Å². The van der Waals surface area contributed by atoms with Crippen LogP contribution in [-0.4, -0.2) is 0 Å². The first kappa shape index (κ1) is 88.4. The first-order chi connectivity index (χ1) is 48.3. The molecule has 0 nitrogen and oxygen atoms in total. The summed E-state index contributed by atoms with van der Waals surface area (Å²) >= 11 is 0. The van der Waals surface area contributed by atoms with E-state index in [1.165, 1.54) is 199 Å². The van der Waals surface area contributed by atoms with Crippen LogP contribution in [0.15, 0.2) is 0 Å². The molecule has 0 heteroatoms. The Morgan fingerprint density at radius 3 is 0.670 bits per heavy atom. The minimum Gasteiger partial charge on any atom is -0.0625 e. The first-order valence-corrected chi connectivity index (χ1v) is 48.3. The Bertz CT molecular complexity index is 2580. The molecule has 18 rings (SSSR count). The van der Waals surface area contributed by atoms with Crippen molar-refractivity contribution < 1.29 is 0 Å². The van der Waals surface area contributed by atoms with E-state index >= 15 is 0 Å². The molecule has 0 aromatic rings. The fourth-order valence-corrected chi connectivity index (χ4v) is 40.3. The van der Waals surface area contributed by atoms with Crippen molar-refractivity contribution in [1.82, 2.24) is 0 Å². The van der Waals surface area contributed by atoms with Crippen LogP contribution in [-0.2, 0) is 0 Å². The Morgan fingerprint density at radius 1 is 0.198 bits per heavy atom. The van der Waals surface area contributed by atoms with Gasteiger partial charge in [0.05, 0.1) is 0 Å². The highest BCUT2D eigenvalue weighted by molar-refractivity contribution is 5.17. The lowest BCUT2D eigenvalue weighted by Gasteiger charge is -2.67. The van der Waals surface area contributed by atoms with Gasteiger partial charge in [0.1, 0.15) is 0 Å². The molecule has 0 N–H and O–H groups in total. The summed E-state index contributed by atoms with van der Waals surface area (Å²) in [5.74, 6) is 19.8. The van der Waals surface area contributed by atoms with Gasteiger partial charge in [-0.1, -0.05) is 242 Å². The summed E-state index contributed by atoms with van der Waals surface area (Å²) < 4.78 is 0. The number of hydrogen-bond donors (Lipinski definition) is 0. The molecule has 0 aromatic carbocycles. The smallest absolute Gasteiger partial charge is 0.0235 e. The number of rotatable bonds is 7. The van der Waals surface area contributed by atoms with Crippen LogP contribution in [0.2, 0.25) is 0 Å². The molecule has 18 aliphatic carbocycles. The minimum atomic E-state index is 0.623. The zero-order valence-corrected chi connectivity index (χ0v) is 79.2. The fourth-order valence-electron chi connectivity index (χ4n) is 40.3. The van der Waals surface area contributed by atoms with E-state index in [0.717, 1.165) is 146 Å². The molecular weight excluding hydrogens is 1270 g/mol. The van der Waals surface area contributed by atoms with Gasteiger partial charge in [-0.3, -0.25) is 0 Å². The van der Waals surface area contributed by atoms with Crippen LogP contribution in [0.4, 0.5) is 0 Å². The Hall–Kier alpha value is 0. The summed E-state index contributed by atoms with van der Waals surface area (Å²) in [5.41, 5.74) is 10.8. The molecule has 0 aromatic heterocycles. The Labute approximate surface area is 667 Å². The van der Waals surface area contributed by atoms with Crippen molar-refractivity contribution in [2.45, 2.75) is 461 Å². The predicted molar refractivity (Wildman–Crippen MR) is 468 cm³/mol. The van der Waals surface area contributed by atoms with Gasteiger partial charge in [-0.05, 0) is 429 Å². The van der Waals surface area contributed by atoms with E-state index in [-0.39, 0.29) is 0 Å². The Balaban J connectivity index is 0.000000132. The summed E-state index contributed by atoms with van der Waals surface area (Å²) in [6, 6.07) is 0. The van der Waals surface area contributed by atoms with Gasteiger partial charge in [0.15, 0.2) is 0 Å². The first-order valence-electron chi connectivity index (χ1n) is 48.3. The molecule has 0 heterocycles. The van der Waals surface area contributed by atoms with E-state index < -0.39 is 0 Å². The molecule has 0 saturated heterocycles. The van der Waals surface area contributed by atoms with E-state index in [1.807, 2.05) is 0 Å². The largest absolute Gasteiger partial charge is 0.0625 e. The molecule has 18 saturated carbocycles. The van der Waals surface area contributed by atoms with E-state index in [2.05, 4.69) is 242 Å². The molecular formula is C106H194. The average molecular weight is 1470 g/mol. The topological polar surface area (TPSA) is 0 Å². The normalized spacial score (nSPS) is 53.7. The van der Waals surface area contributed by atoms with Crippen LogP contribution >= 0.6 is 0 Å². The summed E-state index contributed by atoms with van der Waals surface area (Å²) in [4.78, 5) is 0. The zero-order valence-electron chi connectivity index (χ0n) is 79.2. The van der Waals surface area contributed by atoms with Gasteiger partial charge in [-0.15, -0.1) is 0 Å². The molecule has 106 heavy (non-hydrogen) atoms. The molecule has 18 aliphatic rings. The van der Waals surface area contributed by atoms with Crippen LogP contribution in [0.25, 0.3) is 0 Å². The average Bonchev–Trinajstić information content (AvgIpc) is 1.39.